The first-order chi connectivity index (χ1) is 9.47. The molecule has 3 N–H and O–H groups in total. The number of pyridine rings is 1. The van der Waals surface area contributed by atoms with E-state index in [1.165, 1.54) is 12.3 Å². The zero-order chi connectivity index (χ0) is 14.7. The van der Waals surface area contributed by atoms with Crippen molar-refractivity contribution in [1.82, 2.24) is 4.98 Å². The van der Waals surface area contributed by atoms with Crippen molar-refractivity contribution in [1.29, 1.82) is 0 Å². The van der Waals surface area contributed by atoms with Crippen LogP contribution in [-0.4, -0.2) is 25.0 Å². The summed E-state index contributed by atoms with van der Waals surface area (Å²) in [4.78, 5) is 18.0. The number of carbonyl (C=O) groups is 1. The van der Waals surface area contributed by atoms with E-state index in [1.807, 2.05) is 43.3 Å². The second kappa shape index (κ2) is 5.79. The Labute approximate surface area is 122 Å². The van der Waals surface area contributed by atoms with Gasteiger partial charge in [-0.3, -0.25) is 4.79 Å². The zero-order valence-corrected chi connectivity index (χ0v) is 12.0. The quantitative estimate of drug-likeness (QED) is 0.911. The van der Waals surface area contributed by atoms with E-state index in [4.69, 9.17) is 17.3 Å². The first-order valence-electron chi connectivity index (χ1n) is 5.97. The highest BCUT2D eigenvalue weighted by Gasteiger charge is 2.12. The molecule has 0 spiro atoms. The Hall–Kier alpha value is -2.27. The van der Waals surface area contributed by atoms with E-state index in [1.54, 1.807) is 0 Å². The molecule has 5 nitrogen and oxygen atoms in total. The molecule has 2 aromatic rings. The highest BCUT2D eigenvalue weighted by atomic mass is 35.5. The van der Waals surface area contributed by atoms with Gasteiger partial charge in [0, 0.05) is 31.7 Å². The number of nitrogen functional groups attached to an aromatic ring is 1. The molecule has 2 rings (SSSR count). The van der Waals surface area contributed by atoms with E-state index in [-0.39, 0.29) is 16.7 Å². The molecule has 1 aromatic carbocycles. The maximum absolute atomic E-state index is 12.2. The molecule has 0 saturated carbocycles. The number of hydrogen-bond donors (Lipinski definition) is 2. The second-order valence-electron chi connectivity index (χ2n) is 4.49. The van der Waals surface area contributed by atoms with Gasteiger partial charge in [0.05, 0.1) is 10.6 Å². The van der Waals surface area contributed by atoms with E-state index in [0.717, 1.165) is 5.69 Å². The van der Waals surface area contributed by atoms with Crippen LogP contribution in [0, 0.1) is 0 Å². The number of aromatic nitrogens is 1. The van der Waals surface area contributed by atoms with Crippen molar-refractivity contribution < 1.29 is 4.79 Å². The Kier molecular flexibility index (Phi) is 4.10. The molecule has 0 aliphatic heterocycles. The number of nitrogens with two attached hydrogens (primary N) is 1. The molecule has 0 bridgehead atoms. The summed E-state index contributed by atoms with van der Waals surface area (Å²) in [6, 6.07) is 8.95. The summed E-state index contributed by atoms with van der Waals surface area (Å²) in [5.41, 5.74) is 7.54. The van der Waals surface area contributed by atoms with E-state index >= 15 is 0 Å². The lowest BCUT2D eigenvalue weighted by molar-refractivity contribution is 0.102. The number of carbonyl (C=O) groups excluding carboxylic acids is 1. The Bertz CT molecular complexity index is 643. The minimum absolute atomic E-state index is 0.251. The Morgan fingerprint density at radius 1 is 1.35 bits per heavy atom. The second-order valence-corrected chi connectivity index (χ2v) is 4.90. The predicted octanol–water partition coefficient (Wildman–Crippen LogP) is 2.64. The van der Waals surface area contributed by atoms with Crippen LogP contribution in [0.1, 0.15) is 10.4 Å². The van der Waals surface area contributed by atoms with Gasteiger partial charge < -0.3 is 16.0 Å². The predicted molar refractivity (Wildman–Crippen MR) is 82.4 cm³/mol. The van der Waals surface area contributed by atoms with Crippen LogP contribution in [0.25, 0.3) is 0 Å². The van der Waals surface area contributed by atoms with Crippen LogP contribution in [0.15, 0.2) is 36.5 Å². The molecule has 1 aromatic heterocycles. The van der Waals surface area contributed by atoms with Gasteiger partial charge in [0.15, 0.2) is 0 Å². The minimum Gasteiger partial charge on any atom is -0.384 e. The van der Waals surface area contributed by atoms with Crippen molar-refractivity contribution in [2.24, 2.45) is 0 Å². The van der Waals surface area contributed by atoms with Gasteiger partial charge in [0.2, 0.25) is 0 Å². The highest BCUT2D eigenvalue weighted by molar-refractivity contribution is 6.34. The number of amides is 1. The van der Waals surface area contributed by atoms with E-state index in [9.17, 15) is 4.79 Å². The van der Waals surface area contributed by atoms with Crippen LogP contribution in [0.2, 0.25) is 5.02 Å². The molecule has 1 heterocycles. The summed E-state index contributed by atoms with van der Waals surface area (Å²) >= 11 is 5.95. The first-order valence-corrected chi connectivity index (χ1v) is 6.35. The molecular weight excluding hydrogens is 276 g/mol. The van der Waals surface area contributed by atoms with Crippen LogP contribution < -0.4 is 16.0 Å². The number of nitrogens with one attached hydrogen (secondary N) is 1. The number of hydrogen-bond acceptors (Lipinski definition) is 4. The molecule has 0 aliphatic carbocycles. The molecule has 0 aliphatic rings. The van der Waals surface area contributed by atoms with Crippen LogP contribution >= 0.6 is 11.6 Å². The fourth-order valence-electron chi connectivity index (χ4n) is 1.69. The van der Waals surface area contributed by atoms with Crippen LogP contribution in [0.5, 0.6) is 0 Å². The van der Waals surface area contributed by atoms with Crippen LogP contribution in [0.4, 0.5) is 17.2 Å². The standard InChI is InChI=1S/C14H15ClN4O/c1-19(2)10-5-3-4-9(6-10)18-14(20)11-7-13(16)17-8-12(11)15/h3-8H,1-2H3,(H2,16,17)(H,18,20). The van der Waals surface area contributed by atoms with Gasteiger partial charge in [-0.2, -0.15) is 0 Å². The molecule has 0 atom stereocenters. The number of rotatable bonds is 3. The van der Waals surface area contributed by atoms with Gasteiger partial charge >= 0.3 is 0 Å². The van der Waals surface area contributed by atoms with E-state index in [2.05, 4.69) is 10.3 Å². The third-order valence-corrected chi connectivity index (χ3v) is 3.04. The summed E-state index contributed by atoms with van der Waals surface area (Å²) in [7, 11) is 3.86. The average molecular weight is 291 g/mol. The molecule has 6 heteroatoms. The normalized spacial score (nSPS) is 10.2. The van der Waals surface area contributed by atoms with Crippen LogP contribution in [-0.2, 0) is 0 Å². The number of halogens is 1. The average Bonchev–Trinajstić information content (AvgIpc) is 2.41. The van der Waals surface area contributed by atoms with Gasteiger partial charge in [-0.05, 0) is 24.3 Å². The highest BCUT2D eigenvalue weighted by Crippen LogP contribution is 2.21. The monoisotopic (exact) mass is 290 g/mol. The van der Waals surface area contributed by atoms with Gasteiger partial charge in [-0.1, -0.05) is 17.7 Å². The van der Waals surface area contributed by atoms with E-state index < -0.39 is 0 Å². The van der Waals surface area contributed by atoms with E-state index in [0.29, 0.717) is 11.3 Å². The lowest BCUT2D eigenvalue weighted by atomic mass is 10.2. The first kappa shape index (κ1) is 14.1. The lowest BCUT2D eigenvalue weighted by Gasteiger charge is -2.14. The Morgan fingerprint density at radius 2 is 2.10 bits per heavy atom. The SMILES string of the molecule is CN(C)c1cccc(NC(=O)c2cc(N)ncc2Cl)c1. The lowest BCUT2D eigenvalue weighted by Crippen LogP contribution is -2.14. The number of anilines is 3. The van der Waals surface area contributed by atoms with Gasteiger partial charge in [-0.25, -0.2) is 4.98 Å². The van der Waals surface area contributed by atoms with Crippen molar-refractivity contribution in [3.05, 3.63) is 47.1 Å². The van der Waals surface area contributed by atoms with Gasteiger partial charge in [-0.15, -0.1) is 0 Å². The molecule has 0 unspecified atom stereocenters. The maximum atomic E-state index is 12.2. The molecule has 104 valence electrons. The summed E-state index contributed by atoms with van der Waals surface area (Å²) in [5, 5.41) is 3.05. The fourth-order valence-corrected chi connectivity index (χ4v) is 1.88. The Balaban J connectivity index is 2.23. The zero-order valence-electron chi connectivity index (χ0n) is 11.2. The van der Waals surface area contributed by atoms with Crippen molar-refractivity contribution in [3.63, 3.8) is 0 Å². The topological polar surface area (TPSA) is 71.2 Å². The smallest absolute Gasteiger partial charge is 0.257 e. The van der Waals surface area contributed by atoms with Crippen molar-refractivity contribution in [2.45, 2.75) is 0 Å². The summed E-state index contributed by atoms with van der Waals surface area (Å²) in [6.07, 6.45) is 1.36. The summed E-state index contributed by atoms with van der Waals surface area (Å²) in [6.45, 7) is 0. The van der Waals surface area contributed by atoms with Gasteiger partial charge in [0.1, 0.15) is 5.82 Å². The molecule has 20 heavy (non-hydrogen) atoms. The molecular formula is C14H15ClN4O. The number of benzene rings is 1. The van der Waals surface area contributed by atoms with Crippen LogP contribution in [0.3, 0.4) is 0 Å². The van der Waals surface area contributed by atoms with Crippen molar-refractivity contribution in [3.8, 4) is 0 Å². The van der Waals surface area contributed by atoms with Gasteiger partial charge in [0.25, 0.3) is 5.91 Å². The minimum atomic E-state index is -0.319. The number of nitrogens with zero attached hydrogens (tertiary/aromatic N) is 2. The van der Waals surface area contributed by atoms with Crippen molar-refractivity contribution >= 4 is 34.7 Å². The summed E-state index contributed by atoms with van der Waals surface area (Å²) < 4.78 is 0. The fraction of sp³-hybridized carbons (Fsp3) is 0.143. The maximum Gasteiger partial charge on any atom is 0.257 e. The third kappa shape index (κ3) is 3.19. The van der Waals surface area contributed by atoms with Crippen molar-refractivity contribution in [2.75, 3.05) is 30.0 Å². The molecule has 0 fully saturated rings. The molecule has 1 amide bonds. The summed E-state index contributed by atoms with van der Waals surface area (Å²) in [5.74, 6) is -0.0680. The third-order valence-electron chi connectivity index (χ3n) is 2.74. The molecule has 0 radical (unpaired) electrons. The largest absolute Gasteiger partial charge is 0.384 e. The molecule has 0 saturated heterocycles. The Morgan fingerprint density at radius 3 is 2.80 bits per heavy atom.